The molecule has 3 heterocycles. The Bertz CT molecular complexity index is 1030. The van der Waals surface area contributed by atoms with Crippen LogP contribution in [0.25, 0.3) is 10.9 Å². The topological polar surface area (TPSA) is 98.3 Å². The molecule has 1 aliphatic heterocycles. The number of rotatable bonds is 4. The van der Waals surface area contributed by atoms with Gasteiger partial charge in [0.05, 0.1) is 11.2 Å². The third kappa shape index (κ3) is 3.12. The maximum Gasteiger partial charge on any atom is 0.497 e. The average Bonchev–Trinajstić information content (AvgIpc) is 3.31. The summed E-state index contributed by atoms with van der Waals surface area (Å²) in [6, 6.07) is 1.65. The van der Waals surface area contributed by atoms with E-state index in [4.69, 9.17) is 13.4 Å². The van der Waals surface area contributed by atoms with E-state index in [2.05, 4.69) is 25.8 Å². The molecule has 0 aromatic carbocycles. The molecule has 8 nitrogen and oxygen atoms in total. The van der Waals surface area contributed by atoms with Crippen LogP contribution in [0.5, 0.6) is 0 Å². The summed E-state index contributed by atoms with van der Waals surface area (Å²) in [5.74, 6) is 0.573. The molecule has 2 aliphatic rings. The number of carbonyl (C=O) groups is 1. The molecule has 2 N–H and O–H groups in total. The van der Waals surface area contributed by atoms with E-state index in [0.29, 0.717) is 16.8 Å². The van der Waals surface area contributed by atoms with Gasteiger partial charge in [-0.25, -0.2) is 4.98 Å². The van der Waals surface area contributed by atoms with Gasteiger partial charge in [-0.15, -0.1) is 10.2 Å². The van der Waals surface area contributed by atoms with Crippen LogP contribution < -0.4 is 16.1 Å². The van der Waals surface area contributed by atoms with Crippen LogP contribution in [0.15, 0.2) is 12.3 Å². The van der Waals surface area contributed by atoms with Gasteiger partial charge in [0.25, 0.3) is 0 Å². The summed E-state index contributed by atoms with van der Waals surface area (Å²) < 4.78 is 34.8. The normalized spacial score (nSPS) is 27.0. The van der Waals surface area contributed by atoms with Crippen LogP contribution in [0.1, 0.15) is 45.2 Å². The number of carbonyl (C=O) groups excluding carboxylic acids is 1. The predicted octanol–water partition coefficient (Wildman–Crippen LogP) is 1.96. The van der Waals surface area contributed by atoms with Gasteiger partial charge in [-0.2, -0.15) is 0 Å². The van der Waals surface area contributed by atoms with Gasteiger partial charge in [-0.1, -0.05) is 6.92 Å². The monoisotopic (exact) mass is 386 g/mol. The standard InChI is InChI=1S/C19H26BN5O3/c1-10-7-11(10)17(26)23-14-8-12-13(9-22-16(21-6)15(12)25-24-14)20-27-18(2,3)19(4,5)28-20/h8-11H,7H2,1-6H3,(H,21,22)(H,23,24,26)/t10-,11+/m1/s1/i6D3. The molecule has 9 heteroatoms. The number of hydrogen-bond acceptors (Lipinski definition) is 7. The second kappa shape index (κ2) is 6.38. The number of aromatic nitrogens is 3. The molecule has 148 valence electrons. The molecule has 0 spiro atoms. The van der Waals surface area contributed by atoms with Crippen molar-refractivity contribution < 1.29 is 18.2 Å². The van der Waals surface area contributed by atoms with E-state index < -0.39 is 25.3 Å². The van der Waals surface area contributed by atoms with E-state index in [0.717, 1.165) is 6.42 Å². The molecule has 1 amide bonds. The fraction of sp³-hybridized carbons (Fsp3) is 0.579. The Morgan fingerprint density at radius 2 is 1.96 bits per heavy atom. The Kier molecular flexibility index (Phi) is 3.57. The minimum Gasteiger partial charge on any atom is -0.399 e. The molecule has 2 fully saturated rings. The quantitative estimate of drug-likeness (QED) is 0.775. The van der Waals surface area contributed by atoms with E-state index >= 15 is 0 Å². The summed E-state index contributed by atoms with van der Waals surface area (Å²) in [6.07, 6.45) is 2.36. The lowest BCUT2D eigenvalue weighted by Crippen LogP contribution is -2.41. The van der Waals surface area contributed by atoms with Crippen molar-refractivity contribution in [3.63, 3.8) is 0 Å². The van der Waals surface area contributed by atoms with Gasteiger partial charge in [0.1, 0.15) is 5.52 Å². The van der Waals surface area contributed by atoms with E-state index in [1.54, 1.807) is 6.07 Å². The van der Waals surface area contributed by atoms with Crippen molar-refractivity contribution in [3.8, 4) is 0 Å². The van der Waals surface area contributed by atoms with Crippen LogP contribution in [0, 0.1) is 11.8 Å². The first-order valence-electron chi connectivity index (χ1n) is 10.9. The highest BCUT2D eigenvalue weighted by atomic mass is 16.7. The molecular weight excluding hydrogens is 357 g/mol. The van der Waals surface area contributed by atoms with Crippen LogP contribution in [0.4, 0.5) is 11.6 Å². The van der Waals surface area contributed by atoms with Crippen LogP contribution in [0.2, 0.25) is 0 Å². The lowest BCUT2D eigenvalue weighted by Gasteiger charge is -2.32. The highest BCUT2D eigenvalue weighted by Crippen LogP contribution is 2.39. The number of nitrogens with zero attached hydrogens (tertiary/aromatic N) is 3. The zero-order valence-corrected chi connectivity index (χ0v) is 16.7. The largest absolute Gasteiger partial charge is 0.497 e. The van der Waals surface area contributed by atoms with E-state index in [9.17, 15) is 4.79 Å². The maximum atomic E-state index is 12.4. The van der Waals surface area contributed by atoms with Gasteiger partial charge < -0.3 is 19.9 Å². The summed E-state index contributed by atoms with van der Waals surface area (Å²) >= 11 is 0. The Labute approximate surface area is 169 Å². The van der Waals surface area contributed by atoms with Gasteiger partial charge in [-0.05, 0) is 46.1 Å². The van der Waals surface area contributed by atoms with Crippen molar-refractivity contribution in [2.24, 2.45) is 11.8 Å². The van der Waals surface area contributed by atoms with Crippen molar-refractivity contribution in [3.05, 3.63) is 12.3 Å². The number of hydrogen-bond donors (Lipinski definition) is 2. The van der Waals surface area contributed by atoms with Crippen LogP contribution in [-0.2, 0) is 14.1 Å². The first-order valence-corrected chi connectivity index (χ1v) is 9.38. The zero-order valence-electron chi connectivity index (χ0n) is 19.7. The molecule has 1 saturated carbocycles. The minimum absolute atomic E-state index is 0.0229. The lowest BCUT2D eigenvalue weighted by molar-refractivity contribution is -0.117. The van der Waals surface area contributed by atoms with E-state index in [1.807, 2.05) is 34.6 Å². The van der Waals surface area contributed by atoms with Crippen LogP contribution in [0.3, 0.4) is 0 Å². The summed E-state index contributed by atoms with van der Waals surface area (Å²) in [7, 11) is -0.738. The average molecular weight is 386 g/mol. The van der Waals surface area contributed by atoms with Gasteiger partial charge in [0, 0.05) is 34.1 Å². The molecule has 2 aromatic rings. The van der Waals surface area contributed by atoms with Crippen molar-refractivity contribution in [1.29, 1.82) is 0 Å². The third-order valence-electron chi connectivity index (χ3n) is 5.99. The molecule has 2 aromatic heterocycles. The SMILES string of the molecule is [2H]C([2H])([2H])Nc1ncc(B2OC(C)(C)C(C)(C)O2)c2cc(NC(=O)[C@H]3C[C@H]3C)nnc12. The fourth-order valence-electron chi connectivity index (χ4n) is 3.27. The number of amides is 1. The molecule has 28 heavy (non-hydrogen) atoms. The number of fused-ring (bicyclic) bond motifs is 1. The van der Waals surface area contributed by atoms with Gasteiger partial charge in [-0.3, -0.25) is 4.79 Å². The second-order valence-electron chi connectivity index (χ2n) is 8.58. The van der Waals surface area contributed by atoms with E-state index in [1.165, 1.54) is 6.20 Å². The second-order valence-corrected chi connectivity index (χ2v) is 8.58. The summed E-state index contributed by atoms with van der Waals surface area (Å²) in [5.41, 5.74) is -0.311. The molecule has 0 radical (unpaired) electrons. The Morgan fingerprint density at radius 3 is 2.57 bits per heavy atom. The summed E-state index contributed by atoms with van der Waals surface area (Å²) in [4.78, 5) is 16.6. The molecule has 1 aliphatic carbocycles. The Hall–Kier alpha value is -2.26. The Balaban J connectivity index is 1.76. The van der Waals surface area contributed by atoms with Crippen molar-refractivity contribution >= 4 is 41.0 Å². The molecule has 0 unspecified atom stereocenters. The minimum atomic E-state index is -2.46. The van der Waals surface area contributed by atoms with Gasteiger partial charge in [0.2, 0.25) is 5.91 Å². The van der Waals surface area contributed by atoms with Crippen molar-refractivity contribution in [1.82, 2.24) is 15.2 Å². The first-order chi connectivity index (χ1) is 14.3. The summed E-state index contributed by atoms with van der Waals surface area (Å²) in [6.45, 7) is 7.32. The predicted molar refractivity (Wildman–Crippen MR) is 108 cm³/mol. The zero-order chi connectivity index (χ0) is 22.8. The smallest absolute Gasteiger partial charge is 0.399 e. The molecule has 0 bridgehead atoms. The maximum absolute atomic E-state index is 12.4. The van der Waals surface area contributed by atoms with Crippen molar-refractivity contribution in [2.75, 3.05) is 17.6 Å². The van der Waals surface area contributed by atoms with Gasteiger partial charge in [0.15, 0.2) is 11.6 Å². The summed E-state index contributed by atoms with van der Waals surface area (Å²) in [5, 5.41) is 14.0. The van der Waals surface area contributed by atoms with Crippen LogP contribution in [-0.4, -0.2) is 46.4 Å². The molecule has 4 rings (SSSR count). The van der Waals surface area contributed by atoms with Crippen molar-refractivity contribution in [2.45, 2.75) is 52.2 Å². The number of anilines is 2. The van der Waals surface area contributed by atoms with E-state index in [-0.39, 0.29) is 29.0 Å². The molecular formula is C19H26BN5O3. The fourth-order valence-corrected chi connectivity index (χ4v) is 3.27. The number of pyridine rings is 1. The van der Waals surface area contributed by atoms with Crippen LogP contribution >= 0.6 is 0 Å². The number of nitrogens with one attached hydrogen (secondary N) is 2. The molecule has 2 atom stereocenters. The highest BCUT2D eigenvalue weighted by molar-refractivity contribution is 6.65. The third-order valence-corrected chi connectivity index (χ3v) is 5.99. The molecule has 1 saturated heterocycles. The Morgan fingerprint density at radius 1 is 1.29 bits per heavy atom. The van der Waals surface area contributed by atoms with Gasteiger partial charge >= 0.3 is 7.12 Å². The first kappa shape index (κ1) is 15.6. The lowest BCUT2D eigenvalue weighted by atomic mass is 9.78. The highest BCUT2D eigenvalue weighted by Gasteiger charge is 2.52.